The first kappa shape index (κ1) is 23.1. The van der Waals surface area contributed by atoms with Crippen LogP contribution in [0.4, 0.5) is 8.78 Å². The molecule has 0 aromatic heterocycles. The number of hydrogen-bond donors (Lipinski definition) is 0. The monoisotopic (exact) mass is 419 g/mol. The molecule has 0 unspecified atom stereocenters. The number of ether oxygens (including phenoxy) is 2. The summed E-state index contributed by atoms with van der Waals surface area (Å²) in [5, 5.41) is 0. The van der Waals surface area contributed by atoms with Crippen LogP contribution < -0.4 is 9.47 Å². The number of amides is 1. The Bertz CT molecular complexity index is 796. The molecule has 1 fully saturated rings. The van der Waals surface area contributed by atoms with Crippen LogP contribution >= 0.6 is 0 Å². The number of piperazine rings is 1. The number of carbonyl (C=O) groups is 1. The van der Waals surface area contributed by atoms with Crippen LogP contribution in [-0.4, -0.2) is 54.3 Å². The van der Waals surface area contributed by atoms with E-state index in [-0.39, 0.29) is 11.7 Å². The standard InChI is InChI=1S/C22H27F2N3O3/c1-4-7-19(29-17-8-10-18(11-9-17)30-22(23)24)21(25-12-5-2)27-15-13-26(14-16-27)20(28)6-3/h5-12,22H,3-4,13-16H2,1-2H3/b12-5-,19-7-,25-21-. The van der Waals surface area contributed by atoms with Gasteiger partial charge in [-0.2, -0.15) is 8.78 Å². The normalized spacial score (nSPS) is 15.6. The lowest BCUT2D eigenvalue weighted by molar-refractivity contribution is -0.127. The van der Waals surface area contributed by atoms with Gasteiger partial charge in [0.15, 0.2) is 11.6 Å². The number of benzene rings is 1. The van der Waals surface area contributed by atoms with Crippen molar-refractivity contribution in [3.8, 4) is 11.5 Å². The lowest BCUT2D eigenvalue weighted by atomic mass is 10.2. The van der Waals surface area contributed by atoms with Crippen LogP contribution in [-0.2, 0) is 4.79 Å². The average Bonchev–Trinajstić information content (AvgIpc) is 2.75. The van der Waals surface area contributed by atoms with Gasteiger partial charge in [0.2, 0.25) is 5.91 Å². The summed E-state index contributed by atoms with van der Waals surface area (Å²) in [5.41, 5.74) is 0. The molecule has 6 nitrogen and oxygen atoms in total. The molecule has 1 aliphatic heterocycles. The van der Waals surface area contributed by atoms with E-state index in [9.17, 15) is 13.6 Å². The van der Waals surface area contributed by atoms with Gasteiger partial charge >= 0.3 is 6.61 Å². The summed E-state index contributed by atoms with van der Waals surface area (Å²) < 4.78 is 35.1. The zero-order chi connectivity index (χ0) is 21.9. The first-order chi connectivity index (χ1) is 14.5. The number of aliphatic imine (C=N–C) groups is 1. The van der Waals surface area contributed by atoms with Crippen molar-refractivity contribution in [2.75, 3.05) is 26.2 Å². The number of hydrogen-bond acceptors (Lipinski definition) is 4. The number of amidine groups is 1. The first-order valence-corrected chi connectivity index (χ1v) is 9.77. The van der Waals surface area contributed by atoms with Gasteiger partial charge in [-0.25, -0.2) is 4.99 Å². The van der Waals surface area contributed by atoms with Gasteiger partial charge < -0.3 is 19.3 Å². The van der Waals surface area contributed by atoms with E-state index in [4.69, 9.17) is 4.74 Å². The van der Waals surface area contributed by atoms with Gasteiger partial charge in [-0.05, 0) is 49.8 Å². The van der Waals surface area contributed by atoms with Crippen LogP contribution in [0.1, 0.15) is 20.3 Å². The third kappa shape index (κ3) is 6.72. The number of carbonyl (C=O) groups excluding carboxylic acids is 1. The van der Waals surface area contributed by atoms with E-state index in [1.165, 1.54) is 18.2 Å². The van der Waals surface area contributed by atoms with Crippen molar-refractivity contribution < 1.29 is 23.0 Å². The molecule has 1 saturated heterocycles. The molecular formula is C22H27F2N3O3. The zero-order valence-corrected chi connectivity index (χ0v) is 17.3. The molecule has 0 spiro atoms. The molecule has 0 N–H and O–H groups in total. The van der Waals surface area contributed by atoms with Crippen molar-refractivity contribution in [3.63, 3.8) is 0 Å². The molecule has 1 aromatic carbocycles. The Balaban J connectivity index is 2.19. The molecule has 0 saturated carbocycles. The minimum Gasteiger partial charge on any atom is -0.454 e. The quantitative estimate of drug-likeness (QED) is 0.274. The van der Waals surface area contributed by atoms with Crippen LogP contribution in [0, 0.1) is 0 Å². The maximum Gasteiger partial charge on any atom is 0.387 e. The molecule has 0 bridgehead atoms. The molecule has 1 heterocycles. The first-order valence-electron chi connectivity index (χ1n) is 9.77. The third-order valence-electron chi connectivity index (χ3n) is 4.30. The Hall–Kier alpha value is -3.16. The summed E-state index contributed by atoms with van der Waals surface area (Å²) in [7, 11) is 0. The number of halogens is 2. The average molecular weight is 419 g/mol. The topological polar surface area (TPSA) is 54.4 Å². The largest absolute Gasteiger partial charge is 0.454 e. The maximum absolute atomic E-state index is 12.3. The highest BCUT2D eigenvalue weighted by molar-refractivity contribution is 5.97. The summed E-state index contributed by atoms with van der Waals surface area (Å²) in [6, 6.07) is 5.98. The van der Waals surface area contributed by atoms with Crippen molar-refractivity contribution in [2.24, 2.45) is 4.99 Å². The fraction of sp³-hybridized carbons (Fsp3) is 0.364. The molecule has 0 radical (unpaired) electrons. The smallest absolute Gasteiger partial charge is 0.387 e. The van der Waals surface area contributed by atoms with Crippen molar-refractivity contribution in [3.05, 3.63) is 61.0 Å². The van der Waals surface area contributed by atoms with Crippen molar-refractivity contribution in [1.82, 2.24) is 9.80 Å². The number of rotatable bonds is 8. The third-order valence-corrected chi connectivity index (χ3v) is 4.30. The van der Waals surface area contributed by atoms with Crippen LogP contribution in [0.15, 0.2) is 66.0 Å². The highest BCUT2D eigenvalue weighted by atomic mass is 19.3. The van der Waals surface area contributed by atoms with E-state index in [0.717, 1.165) is 0 Å². The van der Waals surface area contributed by atoms with Gasteiger partial charge in [-0.1, -0.05) is 19.6 Å². The fourth-order valence-electron chi connectivity index (χ4n) is 2.89. The summed E-state index contributed by atoms with van der Waals surface area (Å²) in [4.78, 5) is 20.2. The summed E-state index contributed by atoms with van der Waals surface area (Å²) in [6.07, 6.45) is 7.44. The van der Waals surface area contributed by atoms with Crippen molar-refractivity contribution >= 4 is 11.7 Å². The number of alkyl halides is 2. The second-order valence-electron chi connectivity index (χ2n) is 6.38. The molecule has 1 amide bonds. The second kappa shape index (κ2) is 11.7. The van der Waals surface area contributed by atoms with Crippen LogP contribution in [0.25, 0.3) is 0 Å². The van der Waals surface area contributed by atoms with E-state index >= 15 is 0 Å². The van der Waals surface area contributed by atoms with Crippen LogP contribution in [0.3, 0.4) is 0 Å². The Kier molecular flexibility index (Phi) is 9.05. The molecular weight excluding hydrogens is 392 g/mol. The SMILES string of the molecule is C=CC(=O)N1CCN(C(=N\C=C/C)/C(=C/CC)Oc2ccc(OC(F)F)cc2)CC1. The van der Waals surface area contributed by atoms with Crippen molar-refractivity contribution in [1.29, 1.82) is 0 Å². The predicted molar refractivity (Wildman–Crippen MR) is 113 cm³/mol. The molecule has 1 aromatic rings. The molecule has 2 rings (SSSR count). The van der Waals surface area contributed by atoms with E-state index in [0.29, 0.717) is 49.9 Å². The second-order valence-corrected chi connectivity index (χ2v) is 6.38. The van der Waals surface area contributed by atoms with Gasteiger partial charge in [0.05, 0.1) is 0 Å². The maximum atomic E-state index is 12.3. The minimum atomic E-state index is -2.88. The van der Waals surface area contributed by atoms with Gasteiger partial charge in [-0.15, -0.1) is 0 Å². The molecule has 8 heteroatoms. The molecule has 0 atom stereocenters. The van der Waals surface area contributed by atoms with E-state index in [1.54, 1.807) is 23.2 Å². The van der Waals surface area contributed by atoms with Crippen LogP contribution in [0.2, 0.25) is 0 Å². The predicted octanol–water partition coefficient (Wildman–Crippen LogP) is 4.22. The van der Waals surface area contributed by atoms with Gasteiger partial charge in [0.1, 0.15) is 11.5 Å². The van der Waals surface area contributed by atoms with E-state index in [1.807, 2.05) is 26.0 Å². The Morgan fingerprint density at radius 3 is 2.30 bits per heavy atom. The van der Waals surface area contributed by atoms with Gasteiger partial charge in [0.25, 0.3) is 0 Å². The van der Waals surface area contributed by atoms with Crippen molar-refractivity contribution in [2.45, 2.75) is 26.9 Å². The molecule has 0 aliphatic carbocycles. The molecule has 162 valence electrons. The molecule has 30 heavy (non-hydrogen) atoms. The minimum absolute atomic E-state index is 0.0594. The highest BCUT2D eigenvalue weighted by Crippen LogP contribution is 2.22. The highest BCUT2D eigenvalue weighted by Gasteiger charge is 2.24. The Labute approximate surface area is 175 Å². The van der Waals surface area contributed by atoms with E-state index < -0.39 is 6.61 Å². The van der Waals surface area contributed by atoms with E-state index in [2.05, 4.69) is 21.2 Å². The fourth-order valence-corrected chi connectivity index (χ4v) is 2.89. The number of allylic oxidation sites excluding steroid dienone is 2. The Morgan fingerprint density at radius 2 is 1.77 bits per heavy atom. The van der Waals surface area contributed by atoms with Gasteiger partial charge in [0, 0.05) is 32.4 Å². The van der Waals surface area contributed by atoms with Crippen LogP contribution in [0.5, 0.6) is 11.5 Å². The van der Waals surface area contributed by atoms with Gasteiger partial charge in [-0.3, -0.25) is 4.79 Å². The summed E-state index contributed by atoms with van der Waals surface area (Å²) in [5.74, 6) is 1.65. The zero-order valence-electron chi connectivity index (χ0n) is 17.3. The molecule has 1 aliphatic rings. The Morgan fingerprint density at radius 1 is 1.17 bits per heavy atom. The summed E-state index contributed by atoms with van der Waals surface area (Å²) in [6.45, 7) is 6.82. The lowest BCUT2D eigenvalue weighted by Gasteiger charge is -2.36. The lowest BCUT2D eigenvalue weighted by Crippen LogP contribution is -2.50. The number of nitrogens with zero attached hydrogens (tertiary/aromatic N) is 3. The summed E-state index contributed by atoms with van der Waals surface area (Å²) >= 11 is 0.